The summed E-state index contributed by atoms with van der Waals surface area (Å²) in [6.07, 6.45) is 4.23. The van der Waals surface area contributed by atoms with Gasteiger partial charge in [0.05, 0.1) is 4.92 Å². The highest BCUT2D eigenvalue weighted by molar-refractivity contribution is 9.11. The Hall–Kier alpha value is -0.970. The molecule has 0 spiro atoms. The summed E-state index contributed by atoms with van der Waals surface area (Å²) in [6.45, 7) is 0. The van der Waals surface area contributed by atoms with Crippen LogP contribution in [0.5, 0.6) is 0 Å². The Bertz CT molecular complexity index is 307. The van der Waals surface area contributed by atoms with Crippen LogP contribution in [0, 0.1) is 10.1 Å². The van der Waals surface area contributed by atoms with Gasteiger partial charge in [-0.25, -0.2) is 4.39 Å². The molecule has 1 aliphatic carbocycles. The standard InChI is InChI=1S/C7H5BrFNO2/c8-5-2-1-3-6(9)7(4-5)10(11)12/h1-2,4H,3H2. The van der Waals surface area contributed by atoms with Crippen LogP contribution >= 0.6 is 15.9 Å². The molecule has 0 bridgehead atoms. The van der Waals surface area contributed by atoms with Crippen LogP contribution in [0.1, 0.15) is 6.42 Å². The van der Waals surface area contributed by atoms with Crippen LogP contribution in [0.4, 0.5) is 4.39 Å². The van der Waals surface area contributed by atoms with Gasteiger partial charge in [0.25, 0.3) is 0 Å². The highest BCUT2D eigenvalue weighted by Gasteiger charge is 2.17. The molecule has 0 aromatic heterocycles. The van der Waals surface area contributed by atoms with E-state index in [9.17, 15) is 14.5 Å². The molecule has 0 saturated heterocycles. The molecule has 0 heterocycles. The summed E-state index contributed by atoms with van der Waals surface area (Å²) in [7, 11) is 0. The molecule has 5 heteroatoms. The molecule has 0 unspecified atom stereocenters. The zero-order chi connectivity index (χ0) is 9.14. The van der Waals surface area contributed by atoms with Crippen molar-refractivity contribution in [3.8, 4) is 0 Å². The molecule has 64 valence electrons. The topological polar surface area (TPSA) is 43.1 Å². The van der Waals surface area contributed by atoms with Crippen molar-refractivity contribution in [1.82, 2.24) is 0 Å². The number of allylic oxidation sites excluding steroid dienone is 5. The van der Waals surface area contributed by atoms with Crippen LogP contribution in [-0.4, -0.2) is 4.92 Å². The number of rotatable bonds is 1. The molecule has 1 rings (SSSR count). The number of nitro groups is 1. The van der Waals surface area contributed by atoms with E-state index in [0.717, 1.165) is 6.08 Å². The molecule has 0 aromatic carbocycles. The number of hydrogen-bond donors (Lipinski definition) is 0. The Kier molecular flexibility index (Phi) is 2.75. The van der Waals surface area contributed by atoms with E-state index < -0.39 is 16.4 Å². The molecule has 0 radical (unpaired) electrons. The van der Waals surface area contributed by atoms with Gasteiger partial charge in [-0.1, -0.05) is 28.1 Å². The van der Waals surface area contributed by atoms with E-state index in [2.05, 4.69) is 15.9 Å². The Balaban J connectivity index is 3.09. The lowest BCUT2D eigenvalue weighted by Gasteiger charge is -1.91. The summed E-state index contributed by atoms with van der Waals surface area (Å²) < 4.78 is 13.4. The predicted octanol–water partition coefficient (Wildman–Crippen LogP) is 2.68. The average molecular weight is 234 g/mol. The molecule has 0 N–H and O–H groups in total. The van der Waals surface area contributed by atoms with Crippen LogP contribution in [0.3, 0.4) is 0 Å². The predicted molar refractivity (Wildman–Crippen MR) is 45.9 cm³/mol. The minimum Gasteiger partial charge on any atom is -0.258 e. The van der Waals surface area contributed by atoms with Gasteiger partial charge < -0.3 is 0 Å². The minimum atomic E-state index is -0.733. The molecule has 0 atom stereocenters. The lowest BCUT2D eigenvalue weighted by molar-refractivity contribution is -0.421. The quantitative estimate of drug-likeness (QED) is 0.517. The fraction of sp³-hybridized carbons (Fsp3) is 0.143. The van der Waals surface area contributed by atoms with E-state index in [1.807, 2.05) is 0 Å². The zero-order valence-corrected chi connectivity index (χ0v) is 7.54. The Morgan fingerprint density at radius 1 is 1.67 bits per heavy atom. The maximum absolute atomic E-state index is 12.9. The van der Waals surface area contributed by atoms with Crippen LogP contribution < -0.4 is 0 Å². The number of nitrogens with zero attached hydrogens (tertiary/aromatic N) is 1. The molecule has 0 amide bonds. The minimum absolute atomic E-state index is 0.0259. The Labute approximate surface area is 76.5 Å². The summed E-state index contributed by atoms with van der Waals surface area (Å²) in [5, 5.41) is 10.3. The van der Waals surface area contributed by atoms with Crippen molar-refractivity contribution in [3.05, 3.63) is 44.3 Å². The van der Waals surface area contributed by atoms with Gasteiger partial charge in [0.1, 0.15) is 0 Å². The zero-order valence-electron chi connectivity index (χ0n) is 5.96. The highest BCUT2D eigenvalue weighted by atomic mass is 79.9. The van der Waals surface area contributed by atoms with Crippen molar-refractivity contribution in [2.75, 3.05) is 0 Å². The van der Waals surface area contributed by atoms with Crippen LogP contribution in [0.15, 0.2) is 34.2 Å². The second-order valence-corrected chi connectivity index (χ2v) is 3.10. The van der Waals surface area contributed by atoms with Gasteiger partial charge in [0, 0.05) is 17.0 Å². The molecular weight excluding hydrogens is 229 g/mol. The van der Waals surface area contributed by atoms with Gasteiger partial charge in [-0.05, 0) is 0 Å². The molecule has 0 fully saturated rings. The van der Waals surface area contributed by atoms with Gasteiger partial charge in [-0.15, -0.1) is 0 Å². The molecular formula is C7H5BrFNO2. The summed E-state index contributed by atoms with van der Waals surface area (Å²) in [5.41, 5.74) is -0.480. The van der Waals surface area contributed by atoms with E-state index in [1.165, 1.54) is 6.08 Å². The molecule has 1 aliphatic rings. The Morgan fingerprint density at radius 3 is 2.92 bits per heavy atom. The van der Waals surface area contributed by atoms with E-state index in [4.69, 9.17) is 0 Å². The highest BCUT2D eigenvalue weighted by Crippen LogP contribution is 2.22. The van der Waals surface area contributed by atoms with Crippen LogP contribution in [0.25, 0.3) is 0 Å². The smallest absolute Gasteiger partial charge is 0.258 e. The van der Waals surface area contributed by atoms with Crippen LogP contribution in [-0.2, 0) is 0 Å². The number of hydrogen-bond acceptors (Lipinski definition) is 2. The third kappa shape index (κ3) is 2.01. The van der Waals surface area contributed by atoms with Gasteiger partial charge >= 0.3 is 5.70 Å². The maximum atomic E-state index is 12.9. The van der Waals surface area contributed by atoms with E-state index in [1.54, 1.807) is 6.08 Å². The van der Waals surface area contributed by atoms with E-state index in [-0.39, 0.29) is 6.42 Å². The number of halogens is 2. The monoisotopic (exact) mass is 233 g/mol. The van der Waals surface area contributed by atoms with E-state index in [0.29, 0.717) is 4.48 Å². The van der Waals surface area contributed by atoms with Gasteiger partial charge in [0.2, 0.25) is 0 Å². The van der Waals surface area contributed by atoms with Crippen molar-refractivity contribution in [3.63, 3.8) is 0 Å². The fourth-order valence-corrected chi connectivity index (χ4v) is 1.19. The summed E-state index contributed by atoms with van der Waals surface area (Å²) in [6, 6.07) is 0. The van der Waals surface area contributed by atoms with Gasteiger partial charge in [-0.3, -0.25) is 10.1 Å². The first-order valence-electron chi connectivity index (χ1n) is 3.18. The van der Waals surface area contributed by atoms with Crippen molar-refractivity contribution in [2.45, 2.75) is 6.42 Å². The van der Waals surface area contributed by atoms with Crippen molar-refractivity contribution >= 4 is 15.9 Å². The first kappa shape index (κ1) is 9.12. The average Bonchev–Trinajstić information content (AvgIpc) is 2.13. The van der Waals surface area contributed by atoms with Gasteiger partial charge in [-0.2, -0.15) is 0 Å². The first-order chi connectivity index (χ1) is 5.61. The lowest BCUT2D eigenvalue weighted by atomic mass is 10.3. The molecule has 12 heavy (non-hydrogen) atoms. The van der Waals surface area contributed by atoms with Crippen molar-refractivity contribution in [2.24, 2.45) is 0 Å². The maximum Gasteiger partial charge on any atom is 0.302 e. The van der Waals surface area contributed by atoms with E-state index >= 15 is 0 Å². The molecule has 3 nitrogen and oxygen atoms in total. The van der Waals surface area contributed by atoms with Crippen molar-refractivity contribution < 1.29 is 9.31 Å². The summed E-state index contributed by atoms with van der Waals surface area (Å²) >= 11 is 3.04. The summed E-state index contributed by atoms with van der Waals surface area (Å²) in [4.78, 5) is 9.55. The normalized spacial score (nSPS) is 17.3. The molecule has 0 aliphatic heterocycles. The summed E-state index contributed by atoms with van der Waals surface area (Å²) in [5.74, 6) is -0.717. The fourth-order valence-electron chi connectivity index (χ4n) is 0.788. The SMILES string of the molecule is O=[N+]([O-])C1=C(F)CC=CC(Br)=C1. The molecule has 0 saturated carbocycles. The largest absolute Gasteiger partial charge is 0.302 e. The second-order valence-electron chi connectivity index (χ2n) is 2.18. The van der Waals surface area contributed by atoms with Crippen molar-refractivity contribution in [1.29, 1.82) is 0 Å². The lowest BCUT2D eigenvalue weighted by Crippen LogP contribution is -1.97. The third-order valence-electron chi connectivity index (χ3n) is 1.32. The van der Waals surface area contributed by atoms with Crippen LogP contribution in [0.2, 0.25) is 0 Å². The molecule has 0 aromatic rings. The second kappa shape index (κ2) is 3.62. The third-order valence-corrected chi connectivity index (χ3v) is 1.82. The Morgan fingerprint density at radius 2 is 2.33 bits per heavy atom. The first-order valence-corrected chi connectivity index (χ1v) is 3.97. The van der Waals surface area contributed by atoms with Gasteiger partial charge in [0.15, 0.2) is 5.83 Å².